The van der Waals surface area contributed by atoms with Crippen LogP contribution in [0.3, 0.4) is 0 Å². The first kappa shape index (κ1) is 15.3. The molecule has 1 fully saturated rings. The number of unbranched alkanes of at least 4 members (excludes halogenated alkanes) is 3. The van der Waals surface area contributed by atoms with Crippen molar-refractivity contribution in [2.24, 2.45) is 5.92 Å². The molecule has 0 N–H and O–H groups in total. The Morgan fingerprint density at radius 1 is 1.06 bits per heavy atom. The average Bonchev–Trinajstić information content (AvgIpc) is 2.73. The summed E-state index contributed by atoms with van der Waals surface area (Å²) in [7, 11) is 1.82. The highest BCUT2D eigenvalue weighted by Gasteiger charge is 2.14. The quantitative estimate of drug-likeness (QED) is 0.481. The van der Waals surface area contributed by atoms with Gasteiger partial charge in [-0.15, -0.1) is 0 Å². The van der Waals surface area contributed by atoms with Crippen LogP contribution in [0.25, 0.3) is 0 Å². The molecule has 1 aliphatic carbocycles. The lowest BCUT2D eigenvalue weighted by atomic mass is 10.1. The van der Waals surface area contributed by atoms with Gasteiger partial charge < -0.3 is 4.74 Å². The van der Waals surface area contributed by atoms with Crippen LogP contribution in [0.2, 0.25) is 0 Å². The molecule has 3 nitrogen and oxygen atoms in total. The van der Waals surface area contributed by atoms with Crippen LogP contribution in [0, 0.1) is 5.92 Å². The van der Waals surface area contributed by atoms with E-state index in [0.29, 0.717) is 6.42 Å². The van der Waals surface area contributed by atoms with Gasteiger partial charge in [0.1, 0.15) is 0 Å². The van der Waals surface area contributed by atoms with Gasteiger partial charge in [0.05, 0.1) is 5.75 Å². The summed E-state index contributed by atoms with van der Waals surface area (Å²) in [5.41, 5.74) is 0. The first-order valence-electron chi connectivity index (χ1n) is 6.58. The van der Waals surface area contributed by atoms with E-state index >= 15 is 0 Å². The largest absolute Gasteiger partial charge is 0.381 e. The number of ether oxygens (including phenoxy) is 1. The predicted octanol–water partition coefficient (Wildman–Crippen LogP) is 3.32. The van der Waals surface area contributed by atoms with Gasteiger partial charge in [0.2, 0.25) is 9.05 Å². The Balaban J connectivity index is 1.81. The van der Waals surface area contributed by atoms with Gasteiger partial charge >= 0.3 is 0 Å². The van der Waals surface area contributed by atoms with Gasteiger partial charge in [0.25, 0.3) is 0 Å². The molecule has 0 saturated heterocycles. The van der Waals surface area contributed by atoms with E-state index in [1.54, 1.807) is 0 Å². The standard InChI is InChI=1S/C12H23ClO3S/c13-17(14,15)10-6-2-1-5-9-16-11-12-7-3-4-8-12/h12H,1-11H2. The minimum atomic E-state index is -3.29. The summed E-state index contributed by atoms with van der Waals surface area (Å²) in [6.07, 6.45) is 9.00. The smallest absolute Gasteiger partial charge is 0.232 e. The summed E-state index contributed by atoms with van der Waals surface area (Å²) in [6, 6.07) is 0. The molecule has 1 aliphatic rings. The molecule has 0 amide bonds. The third kappa shape index (κ3) is 8.86. The Morgan fingerprint density at radius 3 is 2.35 bits per heavy atom. The topological polar surface area (TPSA) is 43.4 Å². The van der Waals surface area contributed by atoms with E-state index < -0.39 is 9.05 Å². The van der Waals surface area contributed by atoms with E-state index in [0.717, 1.165) is 38.4 Å². The molecule has 0 spiro atoms. The Bertz CT molecular complexity index is 284. The van der Waals surface area contributed by atoms with Crippen molar-refractivity contribution in [2.45, 2.75) is 51.4 Å². The molecule has 0 radical (unpaired) electrons. The van der Waals surface area contributed by atoms with Crippen LogP contribution in [0.15, 0.2) is 0 Å². The van der Waals surface area contributed by atoms with Crippen molar-refractivity contribution in [2.75, 3.05) is 19.0 Å². The highest BCUT2D eigenvalue weighted by atomic mass is 35.7. The van der Waals surface area contributed by atoms with Gasteiger partial charge in [-0.3, -0.25) is 0 Å². The van der Waals surface area contributed by atoms with Crippen molar-refractivity contribution >= 4 is 19.7 Å². The van der Waals surface area contributed by atoms with Crippen molar-refractivity contribution < 1.29 is 13.2 Å². The molecule has 0 aliphatic heterocycles. The van der Waals surface area contributed by atoms with Crippen molar-refractivity contribution in [3.63, 3.8) is 0 Å². The molecule has 0 aromatic rings. The maximum absolute atomic E-state index is 10.7. The molecule has 0 aromatic heterocycles. The highest BCUT2D eigenvalue weighted by molar-refractivity contribution is 8.13. The third-order valence-corrected chi connectivity index (χ3v) is 4.49. The van der Waals surface area contributed by atoms with Crippen molar-refractivity contribution in [1.82, 2.24) is 0 Å². The van der Waals surface area contributed by atoms with E-state index in [1.165, 1.54) is 25.7 Å². The fraction of sp³-hybridized carbons (Fsp3) is 1.00. The molecule has 102 valence electrons. The van der Waals surface area contributed by atoms with Gasteiger partial charge in [0.15, 0.2) is 0 Å². The zero-order valence-electron chi connectivity index (χ0n) is 10.4. The number of halogens is 1. The highest BCUT2D eigenvalue weighted by Crippen LogP contribution is 2.24. The first-order valence-corrected chi connectivity index (χ1v) is 9.06. The molecule has 0 bridgehead atoms. The van der Waals surface area contributed by atoms with E-state index in [4.69, 9.17) is 15.4 Å². The molecule has 0 aromatic carbocycles. The Hall–Kier alpha value is 0.200. The van der Waals surface area contributed by atoms with Crippen molar-refractivity contribution in [3.05, 3.63) is 0 Å². The zero-order chi connectivity index (χ0) is 12.6. The lowest BCUT2D eigenvalue weighted by Gasteiger charge is -2.09. The van der Waals surface area contributed by atoms with E-state index in [2.05, 4.69) is 0 Å². The number of rotatable bonds is 9. The predicted molar refractivity (Wildman–Crippen MR) is 70.9 cm³/mol. The summed E-state index contributed by atoms with van der Waals surface area (Å²) >= 11 is 0. The van der Waals surface area contributed by atoms with Crippen LogP contribution in [-0.4, -0.2) is 27.4 Å². The lowest BCUT2D eigenvalue weighted by molar-refractivity contribution is 0.0979. The molecule has 1 saturated carbocycles. The van der Waals surface area contributed by atoms with Crippen LogP contribution < -0.4 is 0 Å². The lowest BCUT2D eigenvalue weighted by Crippen LogP contribution is -2.06. The number of hydrogen-bond donors (Lipinski definition) is 0. The minimum Gasteiger partial charge on any atom is -0.381 e. The fourth-order valence-corrected chi connectivity index (χ4v) is 3.14. The number of hydrogen-bond acceptors (Lipinski definition) is 3. The molecular formula is C12H23ClO3S. The summed E-state index contributed by atoms with van der Waals surface area (Å²) in [5.74, 6) is 0.883. The van der Waals surface area contributed by atoms with Crippen LogP contribution >= 0.6 is 10.7 Å². The van der Waals surface area contributed by atoms with Gasteiger partial charge in [0, 0.05) is 23.9 Å². The van der Waals surface area contributed by atoms with Gasteiger partial charge in [-0.1, -0.05) is 25.7 Å². The Labute approximate surface area is 109 Å². The molecule has 0 heterocycles. The van der Waals surface area contributed by atoms with Crippen LogP contribution in [0.1, 0.15) is 51.4 Å². The van der Waals surface area contributed by atoms with E-state index in [9.17, 15) is 8.42 Å². The van der Waals surface area contributed by atoms with Gasteiger partial charge in [-0.2, -0.15) is 0 Å². The Kier molecular flexibility index (Phi) is 7.47. The van der Waals surface area contributed by atoms with E-state index in [1.807, 2.05) is 0 Å². The molecular weight excluding hydrogens is 260 g/mol. The van der Waals surface area contributed by atoms with Crippen molar-refractivity contribution in [1.29, 1.82) is 0 Å². The van der Waals surface area contributed by atoms with Crippen LogP contribution in [0.4, 0.5) is 0 Å². The second-order valence-electron chi connectivity index (χ2n) is 4.88. The van der Waals surface area contributed by atoms with Gasteiger partial charge in [-0.05, 0) is 31.6 Å². The summed E-state index contributed by atoms with van der Waals surface area (Å²) < 4.78 is 26.9. The maximum Gasteiger partial charge on any atom is 0.232 e. The molecule has 5 heteroatoms. The molecule has 17 heavy (non-hydrogen) atoms. The molecule has 0 atom stereocenters. The summed E-state index contributed by atoms with van der Waals surface area (Å²) in [6.45, 7) is 1.72. The fourth-order valence-electron chi connectivity index (χ4n) is 2.26. The minimum absolute atomic E-state index is 0.0947. The monoisotopic (exact) mass is 282 g/mol. The SMILES string of the molecule is O=S(=O)(Cl)CCCCCCOCC1CCCC1. The summed E-state index contributed by atoms with van der Waals surface area (Å²) in [5, 5.41) is 0. The summed E-state index contributed by atoms with van der Waals surface area (Å²) in [4.78, 5) is 0. The normalized spacial score (nSPS) is 17.7. The zero-order valence-corrected chi connectivity index (χ0v) is 11.9. The maximum atomic E-state index is 10.7. The average molecular weight is 283 g/mol. The van der Waals surface area contributed by atoms with E-state index in [-0.39, 0.29) is 5.75 Å². The molecule has 0 unspecified atom stereocenters. The first-order chi connectivity index (χ1) is 8.08. The third-order valence-electron chi connectivity index (χ3n) is 3.26. The molecule has 1 rings (SSSR count). The second kappa shape index (κ2) is 8.33. The van der Waals surface area contributed by atoms with Crippen molar-refractivity contribution in [3.8, 4) is 0 Å². The second-order valence-corrected chi connectivity index (χ2v) is 7.78. The van der Waals surface area contributed by atoms with Crippen LogP contribution in [-0.2, 0) is 13.8 Å². The van der Waals surface area contributed by atoms with Crippen LogP contribution in [0.5, 0.6) is 0 Å². The van der Waals surface area contributed by atoms with Gasteiger partial charge in [-0.25, -0.2) is 8.42 Å². The Morgan fingerprint density at radius 2 is 1.71 bits per heavy atom.